The van der Waals surface area contributed by atoms with Gasteiger partial charge in [-0.3, -0.25) is 4.57 Å². The van der Waals surface area contributed by atoms with Crippen LogP contribution in [0.3, 0.4) is 0 Å². The first kappa shape index (κ1) is 37.6. The Morgan fingerprint density at radius 1 is 0.324 bits per heavy atom. The SMILES string of the molecule is O=P(O)(O)CCCCCCCCCCCCCCCCCCCCCCCCCCCCCCCCBr. The van der Waals surface area contributed by atoms with Crippen LogP contribution in [0.15, 0.2) is 0 Å². The van der Waals surface area contributed by atoms with Crippen molar-refractivity contribution in [1.82, 2.24) is 0 Å². The average molecular weight is 610 g/mol. The Morgan fingerprint density at radius 3 is 0.649 bits per heavy atom. The topological polar surface area (TPSA) is 57.5 Å². The van der Waals surface area contributed by atoms with Gasteiger partial charge in [0, 0.05) is 11.5 Å². The van der Waals surface area contributed by atoms with Crippen LogP contribution in [0.1, 0.15) is 193 Å². The van der Waals surface area contributed by atoms with Crippen molar-refractivity contribution in [2.75, 3.05) is 11.5 Å². The van der Waals surface area contributed by atoms with Crippen LogP contribution < -0.4 is 0 Å². The molecule has 0 radical (unpaired) electrons. The summed E-state index contributed by atoms with van der Waals surface area (Å²) < 4.78 is 10.8. The minimum atomic E-state index is -3.77. The molecule has 0 aromatic rings. The van der Waals surface area contributed by atoms with Crippen molar-refractivity contribution in [3.63, 3.8) is 0 Å². The van der Waals surface area contributed by atoms with Gasteiger partial charge in [-0.1, -0.05) is 196 Å². The van der Waals surface area contributed by atoms with E-state index in [1.807, 2.05) is 0 Å². The normalized spacial score (nSPS) is 12.0. The second-order valence-electron chi connectivity index (χ2n) is 11.7. The summed E-state index contributed by atoms with van der Waals surface area (Å²) >= 11 is 3.51. The van der Waals surface area contributed by atoms with Crippen LogP contribution >= 0.6 is 23.5 Å². The molecule has 0 atom stereocenters. The van der Waals surface area contributed by atoms with Gasteiger partial charge in [-0.05, 0) is 12.8 Å². The molecular formula is C32H66BrO3P. The van der Waals surface area contributed by atoms with Crippen LogP contribution in [0.25, 0.3) is 0 Å². The van der Waals surface area contributed by atoms with Gasteiger partial charge in [0.15, 0.2) is 0 Å². The van der Waals surface area contributed by atoms with Gasteiger partial charge in [-0.15, -0.1) is 0 Å². The van der Waals surface area contributed by atoms with Gasteiger partial charge in [0.2, 0.25) is 0 Å². The molecule has 0 aromatic carbocycles. The highest BCUT2D eigenvalue weighted by Gasteiger charge is 2.10. The highest BCUT2D eigenvalue weighted by Crippen LogP contribution is 2.35. The van der Waals surface area contributed by atoms with E-state index in [2.05, 4.69) is 15.9 Å². The third-order valence-electron chi connectivity index (χ3n) is 7.83. The summed E-state index contributed by atoms with van der Waals surface area (Å²) in [7, 11) is -3.77. The molecule has 0 aliphatic carbocycles. The summed E-state index contributed by atoms with van der Waals surface area (Å²) in [6.07, 6.45) is 41.2. The lowest BCUT2D eigenvalue weighted by molar-refractivity contribution is 0.370. The van der Waals surface area contributed by atoms with E-state index in [-0.39, 0.29) is 6.16 Å². The number of hydrogen-bond donors (Lipinski definition) is 2. The first-order valence-corrected chi connectivity index (χ1v) is 19.6. The van der Waals surface area contributed by atoms with Crippen molar-refractivity contribution < 1.29 is 14.4 Å². The van der Waals surface area contributed by atoms with Crippen LogP contribution in [0.4, 0.5) is 0 Å². The van der Waals surface area contributed by atoms with Crippen molar-refractivity contribution in [1.29, 1.82) is 0 Å². The zero-order valence-electron chi connectivity index (χ0n) is 24.8. The molecule has 0 bridgehead atoms. The summed E-state index contributed by atoms with van der Waals surface area (Å²) in [6.45, 7) is 0. The van der Waals surface area contributed by atoms with Crippen molar-refractivity contribution in [2.24, 2.45) is 0 Å². The van der Waals surface area contributed by atoms with E-state index in [0.29, 0.717) is 6.42 Å². The molecule has 3 nitrogen and oxygen atoms in total. The zero-order chi connectivity index (χ0) is 27.1. The van der Waals surface area contributed by atoms with E-state index < -0.39 is 7.60 Å². The number of halogens is 1. The minimum absolute atomic E-state index is 0.0614. The van der Waals surface area contributed by atoms with Crippen molar-refractivity contribution in [2.45, 2.75) is 193 Å². The molecule has 0 aromatic heterocycles. The maximum Gasteiger partial charge on any atom is 0.325 e. The minimum Gasteiger partial charge on any atom is -0.324 e. The smallest absolute Gasteiger partial charge is 0.324 e. The number of rotatable bonds is 32. The average Bonchev–Trinajstić information content (AvgIpc) is 2.86. The fourth-order valence-electron chi connectivity index (χ4n) is 5.36. The number of unbranched alkanes of at least 4 members (excludes halogenated alkanes) is 29. The maximum atomic E-state index is 10.8. The summed E-state index contributed by atoms with van der Waals surface area (Å²) in [5, 5.41) is 1.18. The molecule has 0 saturated carbocycles. The molecule has 2 N–H and O–H groups in total. The summed E-state index contributed by atoms with van der Waals surface area (Å²) in [5.41, 5.74) is 0. The maximum absolute atomic E-state index is 10.8. The number of alkyl halides is 1. The largest absolute Gasteiger partial charge is 0.325 e. The molecule has 0 unspecified atom stereocenters. The molecule has 37 heavy (non-hydrogen) atoms. The lowest BCUT2D eigenvalue weighted by Crippen LogP contribution is -1.88. The van der Waals surface area contributed by atoms with Gasteiger partial charge in [-0.2, -0.15) is 0 Å². The second kappa shape index (κ2) is 31.2. The Balaban J connectivity index is 3.04. The fraction of sp³-hybridized carbons (Fsp3) is 1.00. The lowest BCUT2D eigenvalue weighted by Gasteiger charge is -2.05. The standard InChI is InChI=1S/C32H66BrO3P/c33-31-29-27-25-23-21-19-17-15-13-11-9-7-5-3-1-2-4-6-8-10-12-14-16-18-20-22-24-26-28-30-32-37(34,35)36/h1-32H2,(H2,34,35,36). The molecule has 5 heteroatoms. The Hall–Kier alpha value is 0.630. The Labute approximate surface area is 241 Å². The highest BCUT2D eigenvalue weighted by atomic mass is 79.9. The first-order valence-electron chi connectivity index (χ1n) is 16.7. The second-order valence-corrected chi connectivity index (χ2v) is 14.3. The highest BCUT2D eigenvalue weighted by molar-refractivity contribution is 9.09. The van der Waals surface area contributed by atoms with E-state index in [1.165, 1.54) is 179 Å². The summed E-state index contributed by atoms with van der Waals surface area (Å²) in [5.74, 6) is 0. The summed E-state index contributed by atoms with van der Waals surface area (Å²) in [6, 6.07) is 0. The molecular weight excluding hydrogens is 543 g/mol. The predicted octanol–water partition coefficient (Wildman–Crippen LogP) is 12.3. The van der Waals surface area contributed by atoms with E-state index >= 15 is 0 Å². The van der Waals surface area contributed by atoms with Crippen molar-refractivity contribution in [3.8, 4) is 0 Å². The third-order valence-corrected chi connectivity index (χ3v) is 9.29. The van der Waals surface area contributed by atoms with Crippen LogP contribution in [-0.2, 0) is 4.57 Å². The Bertz CT molecular complexity index is 469. The zero-order valence-corrected chi connectivity index (χ0v) is 27.2. The number of hydrogen-bond acceptors (Lipinski definition) is 1. The summed E-state index contributed by atoms with van der Waals surface area (Å²) in [4.78, 5) is 17.7. The van der Waals surface area contributed by atoms with Gasteiger partial charge in [-0.25, -0.2) is 0 Å². The van der Waals surface area contributed by atoms with Gasteiger partial charge in [0.05, 0.1) is 0 Å². The van der Waals surface area contributed by atoms with Crippen LogP contribution in [0, 0.1) is 0 Å². The van der Waals surface area contributed by atoms with E-state index in [9.17, 15) is 4.57 Å². The van der Waals surface area contributed by atoms with Crippen molar-refractivity contribution >= 4 is 23.5 Å². The van der Waals surface area contributed by atoms with Crippen molar-refractivity contribution in [3.05, 3.63) is 0 Å². The van der Waals surface area contributed by atoms with Gasteiger partial charge >= 0.3 is 7.60 Å². The molecule has 0 fully saturated rings. The van der Waals surface area contributed by atoms with E-state index in [0.717, 1.165) is 12.8 Å². The van der Waals surface area contributed by atoms with Crippen LogP contribution in [0.5, 0.6) is 0 Å². The van der Waals surface area contributed by atoms with Gasteiger partial charge < -0.3 is 9.79 Å². The van der Waals surface area contributed by atoms with Gasteiger partial charge in [0.1, 0.15) is 0 Å². The first-order chi connectivity index (χ1) is 18.1. The predicted molar refractivity (Wildman–Crippen MR) is 169 cm³/mol. The van der Waals surface area contributed by atoms with Crippen LogP contribution in [-0.4, -0.2) is 21.3 Å². The van der Waals surface area contributed by atoms with Crippen LogP contribution in [0.2, 0.25) is 0 Å². The fourth-order valence-corrected chi connectivity index (χ4v) is 6.39. The monoisotopic (exact) mass is 608 g/mol. The third kappa shape index (κ3) is 36.6. The van der Waals surface area contributed by atoms with Gasteiger partial charge in [0.25, 0.3) is 0 Å². The quantitative estimate of drug-likeness (QED) is 0.0453. The molecule has 0 rings (SSSR count). The molecule has 224 valence electrons. The molecule has 0 aliphatic rings. The van der Waals surface area contributed by atoms with E-state index in [4.69, 9.17) is 9.79 Å². The Morgan fingerprint density at radius 2 is 0.486 bits per heavy atom. The Kier molecular flexibility index (Phi) is 31.7. The molecule has 0 saturated heterocycles. The molecule has 0 amide bonds. The molecule has 0 aliphatic heterocycles. The molecule has 0 heterocycles. The molecule has 0 spiro atoms. The lowest BCUT2D eigenvalue weighted by atomic mass is 10.0. The van der Waals surface area contributed by atoms with E-state index in [1.54, 1.807) is 0 Å².